The molecular formula is C15H13N3O3. The highest BCUT2D eigenvalue weighted by Gasteiger charge is 2.15. The Labute approximate surface area is 121 Å². The number of amides is 1. The quantitative estimate of drug-likeness (QED) is 0.690. The topological polar surface area (TPSA) is 72.8 Å². The van der Waals surface area contributed by atoms with Crippen LogP contribution in [0.25, 0.3) is 0 Å². The van der Waals surface area contributed by atoms with E-state index in [4.69, 9.17) is 9.47 Å². The van der Waals surface area contributed by atoms with E-state index in [1.165, 1.54) is 0 Å². The molecule has 0 radical (unpaired) electrons. The Balaban J connectivity index is 1.72. The molecular weight excluding hydrogens is 270 g/mol. The van der Waals surface area contributed by atoms with Crippen molar-refractivity contribution >= 4 is 11.6 Å². The van der Waals surface area contributed by atoms with Crippen LogP contribution in [0.1, 0.15) is 22.8 Å². The molecule has 1 N–H and O–H groups in total. The number of nitrogens with zero attached hydrogens (tertiary/aromatic N) is 2. The van der Waals surface area contributed by atoms with Crippen LogP contribution >= 0.6 is 0 Å². The molecule has 1 aliphatic rings. The molecule has 6 heteroatoms. The Morgan fingerprint density at radius 3 is 2.71 bits per heavy atom. The van der Waals surface area contributed by atoms with E-state index in [9.17, 15) is 4.79 Å². The monoisotopic (exact) mass is 283 g/mol. The predicted molar refractivity (Wildman–Crippen MR) is 76.5 cm³/mol. The highest BCUT2D eigenvalue weighted by atomic mass is 16.7. The van der Waals surface area contributed by atoms with Crippen molar-refractivity contribution in [1.82, 2.24) is 10.4 Å². The lowest BCUT2D eigenvalue weighted by atomic mass is 10.2. The third-order valence-corrected chi connectivity index (χ3v) is 3.06. The standard InChI is InChI=1S/C15H13N3O3/c1-10(11-4-6-16-7-5-11)17-18-15(19)12-2-3-13-14(8-12)21-9-20-13/h2-8H,9H2,1H3,(H,18,19)/b17-10-. The zero-order valence-electron chi connectivity index (χ0n) is 11.4. The molecule has 0 fully saturated rings. The van der Waals surface area contributed by atoms with Gasteiger partial charge in [0.15, 0.2) is 11.5 Å². The van der Waals surface area contributed by atoms with E-state index in [1.807, 2.05) is 19.1 Å². The summed E-state index contributed by atoms with van der Waals surface area (Å²) in [4.78, 5) is 16.0. The van der Waals surface area contributed by atoms with E-state index >= 15 is 0 Å². The number of benzene rings is 1. The Morgan fingerprint density at radius 2 is 1.90 bits per heavy atom. The minimum atomic E-state index is -0.304. The summed E-state index contributed by atoms with van der Waals surface area (Å²) in [6, 6.07) is 8.66. The van der Waals surface area contributed by atoms with Gasteiger partial charge in [-0.05, 0) is 37.3 Å². The number of carbonyl (C=O) groups excluding carboxylic acids is 1. The van der Waals surface area contributed by atoms with Crippen molar-refractivity contribution in [2.45, 2.75) is 6.92 Å². The summed E-state index contributed by atoms with van der Waals surface area (Å²) in [5, 5.41) is 4.08. The minimum absolute atomic E-state index is 0.180. The van der Waals surface area contributed by atoms with E-state index in [1.54, 1.807) is 30.6 Å². The molecule has 0 saturated heterocycles. The highest BCUT2D eigenvalue weighted by molar-refractivity contribution is 6.00. The average molecular weight is 283 g/mol. The number of ether oxygens (including phenoxy) is 2. The van der Waals surface area contributed by atoms with E-state index < -0.39 is 0 Å². The van der Waals surface area contributed by atoms with Gasteiger partial charge in [0.25, 0.3) is 5.91 Å². The summed E-state index contributed by atoms with van der Waals surface area (Å²) < 4.78 is 10.4. The van der Waals surface area contributed by atoms with Crippen LogP contribution in [0.3, 0.4) is 0 Å². The number of hydrogen-bond donors (Lipinski definition) is 1. The summed E-state index contributed by atoms with van der Waals surface area (Å²) in [5.41, 5.74) is 4.58. The number of rotatable bonds is 3. The van der Waals surface area contributed by atoms with E-state index in [0.29, 0.717) is 22.8 Å². The van der Waals surface area contributed by atoms with Gasteiger partial charge in [-0.25, -0.2) is 5.43 Å². The van der Waals surface area contributed by atoms with Crippen molar-refractivity contribution in [3.05, 3.63) is 53.9 Å². The zero-order chi connectivity index (χ0) is 14.7. The van der Waals surface area contributed by atoms with Gasteiger partial charge < -0.3 is 9.47 Å². The fraction of sp³-hybridized carbons (Fsp3) is 0.133. The van der Waals surface area contributed by atoms with E-state index in [2.05, 4.69) is 15.5 Å². The van der Waals surface area contributed by atoms with Crippen molar-refractivity contribution in [2.75, 3.05) is 6.79 Å². The Kier molecular flexibility index (Phi) is 3.51. The summed E-state index contributed by atoms with van der Waals surface area (Å²) in [7, 11) is 0. The molecule has 1 amide bonds. The highest BCUT2D eigenvalue weighted by Crippen LogP contribution is 2.32. The molecule has 106 valence electrons. The fourth-order valence-corrected chi connectivity index (χ4v) is 1.89. The van der Waals surface area contributed by atoms with Crippen molar-refractivity contribution in [1.29, 1.82) is 0 Å². The fourth-order valence-electron chi connectivity index (χ4n) is 1.89. The summed E-state index contributed by atoms with van der Waals surface area (Å²) in [6.07, 6.45) is 3.35. The molecule has 1 aromatic carbocycles. The van der Waals surface area contributed by atoms with Crippen LogP contribution < -0.4 is 14.9 Å². The van der Waals surface area contributed by atoms with Crippen LogP contribution in [0.5, 0.6) is 11.5 Å². The van der Waals surface area contributed by atoms with Crippen LogP contribution in [-0.4, -0.2) is 23.4 Å². The van der Waals surface area contributed by atoms with Crippen molar-refractivity contribution in [3.63, 3.8) is 0 Å². The van der Waals surface area contributed by atoms with Gasteiger partial charge in [-0.3, -0.25) is 9.78 Å². The third kappa shape index (κ3) is 2.84. The molecule has 0 aliphatic carbocycles. The molecule has 3 rings (SSSR count). The van der Waals surface area contributed by atoms with Gasteiger partial charge in [-0.1, -0.05) is 0 Å². The lowest BCUT2D eigenvalue weighted by Gasteiger charge is -2.03. The van der Waals surface area contributed by atoms with E-state index in [0.717, 1.165) is 5.56 Å². The van der Waals surface area contributed by atoms with Crippen LogP contribution in [0.15, 0.2) is 47.8 Å². The Hall–Kier alpha value is -2.89. The van der Waals surface area contributed by atoms with Crippen molar-refractivity contribution in [2.24, 2.45) is 5.10 Å². The van der Waals surface area contributed by atoms with Crippen molar-refractivity contribution in [3.8, 4) is 11.5 Å². The number of pyridine rings is 1. The number of hydrazone groups is 1. The molecule has 21 heavy (non-hydrogen) atoms. The summed E-state index contributed by atoms with van der Waals surface area (Å²) >= 11 is 0. The second-order valence-corrected chi connectivity index (χ2v) is 4.44. The van der Waals surface area contributed by atoms with Gasteiger partial charge in [0.2, 0.25) is 6.79 Å². The molecule has 1 aliphatic heterocycles. The molecule has 1 aromatic heterocycles. The van der Waals surface area contributed by atoms with Gasteiger partial charge in [0, 0.05) is 23.5 Å². The first kappa shape index (κ1) is 13.1. The molecule has 6 nitrogen and oxygen atoms in total. The van der Waals surface area contributed by atoms with Crippen LogP contribution in [0.4, 0.5) is 0 Å². The maximum Gasteiger partial charge on any atom is 0.271 e. The predicted octanol–water partition coefficient (Wildman–Crippen LogP) is 1.96. The van der Waals surface area contributed by atoms with Crippen molar-refractivity contribution < 1.29 is 14.3 Å². The van der Waals surface area contributed by atoms with Crippen LogP contribution in [0.2, 0.25) is 0 Å². The van der Waals surface area contributed by atoms with Crippen LogP contribution in [-0.2, 0) is 0 Å². The maximum absolute atomic E-state index is 12.1. The Bertz CT molecular complexity index is 699. The number of nitrogens with one attached hydrogen (secondary N) is 1. The number of aromatic nitrogens is 1. The lowest BCUT2D eigenvalue weighted by molar-refractivity contribution is 0.0954. The van der Waals surface area contributed by atoms with Gasteiger partial charge in [0.1, 0.15) is 0 Å². The number of carbonyl (C=O) groups is 1. The number of fused-ring (bicyclic) bond motifs is 1. The molecule has 2 heterocycles. The third-order valence-electron chi connectivity index (χ3n) is 3.06. The molecule has 0 spiro atoms. The molecule has 0 bridgehead atoms. The lowest BCUT2D eigenvalue weighted by Crippen LogP contribution is -2.19. The Morgan fingerprint density at radius 1 is 1.14 bits per heavy atom. The zero-order valence-corrected chi connectivity index (χ0v) is 11.4. The molecule has 0 saturated carbocycles. The molecule has 0 atom stereocenters. The summed E-state index contributed by atoms with van der Waals surface area (Å²) in [5.74, 6) is 0.905. The first-order chi connectivity index (χ1) is 10.2. The maximum atomic E-state index is 12.1. The molecule has 2 aromatic rings. The van der Waals surface area contributed by atoms with Gasteiger partial charge in [0.05, 0.1) is 5.71 Å². The molecule has 0 unspecified atom stereocenters. The average Bonchev–Trinajstić information content (AvgIpc) is 3.00. The van der Waals surface area contributed by atoms with Gasteiger partial charge >= 0.3 is 0 Å². The van der Waals surface area contributed by atoms with Gasteiger partial charge in [-0.15, -0.1) is 0 Å². The van der Waals surface area contributed by atoms with Gasteiger partial charge in [-0.2, -0.15) is 5.10 Å². The second kappa shape index (κ2) is 5.62. The first-order valence-electron chi connectivity index (χ1n) is 6.39. The number of hydrogen-bond acceptors (Lipinski definition) is 5. The normalized spacial score (nSPS) is 13.1. The minimum Gasteiger partial charge on any atom is -0.454 e. The first-order valence-corrected chi connectivity index (χ1v) is 6.39. The smallest absolute Gasteiger partial charge is 0.271 e. The summed E-state index contributed by atoms with van der Waals surface area (Å²) in [6.45, 7) is 2.00. The second-order valence-electron chi connectivity index (χ2n) is 4.44. The largest absolute Gasteiger partial charge is 0.454 e. The SMILES string of the molecule is C/C(=N/NC(=O)c1ccc2c(c1)OCO2)c1ccncc1. The van der Waals surface area contributed by atoms with Crippen LogP contribution in [0, 0.1) is 0 Å². The van der Waals surface area contributed by atoms with E-state index in [-0.39, 0.29) is 12.7 Å².